The van der Waals surface area contributed by atoms with E-state index in [0.29, 0.717) is 44.0 Å². The number of Topliss-reactive ketones (excluding diaryl/α,β-unsaturated/α-hetero) is 1. The topological polar surface area (TPSA) is 102 Å². The Bertz CT molecular complexity index is 1090. The Morgan fingerprint density at radius 2 is 1.71 bits per heavy atom. The number of ether oxygens (including phenoxy) is 2. The fourth-order valence-electron chi connectivity index (χ4n) is 3.73. The molecule has 1 heterocycles. The molecule has 0 bridgehead atoms. The molecule has 9 heteroatoms. The Balaban J connectivity index is 1.65. The van der Waals surface area contributed by atoms with Crippen molar-refractivity contribution in [3.05, 3.63) is 48.0 Å². The summed E-state index contributed by atoms with van der Waals surface area (Å²) in [4.78, 5) is 23.6. The molecule has 1 fully saturated rings. The lowest BCUT2D eigenvalue weighted by molar-refractivity contribution is -0.118. The maximum Gasteiger partial charge on any atom is 0.262 e. The van der Waals surface area contributed by atoms with Gasteiger partial charge in [0.25, 0.3) is 5.91 Å². The van der Waals surface area contributed by atoms with Crippen molar-refractivity contribution in [2.45, 2.75) is 50.8 Å². The third-order valence-corrected chi connectivity index (χ3v) is 7.44. The van der Waals surface area contributed by atoms with Gasteiger partial charge in [-0.1, -0.05) is 18.6 Å². The Labute approximate surface area is 201 Å². The number of ketones is 1. The molecule has 184 valence electrons. The Kier molecular flexibility index (Phi) is 9.06. The van der Waals surface area contributed by atoms with Crippen LogP contribution in [0.15, 0.2) is 47.4 Å². The summed E-state index contributed by atoms with van der Waals surface area (Å²) in [6.45, 7) is 4.41. The maximum absolute atomic E-state index is 13.2. The zero-order valence-corrected chi connectivity index (χ0v) is 20.5. The summed E-state index contributed by atoms with van der Waals surface area (Å²) in [6.07, 6.45) is 3.82. The fraction of sp³-hybridized carbons (Fsp3) is 0.440. The van der Waals surface area contributed by atoms with E-state index in [-0.39, 0.29) is 23.0 Å². The molecule has 2 aromatic carbocycles. The van der Waals surface area contributed by atoms with Crippen LogP contribution in [0.3, 0.4) is 0 Å². The lowest BCUT2D eigenvalue weighted by Gasteiger charge is -2.27. The van der Waals surface area contributed by atoms with Crippen molar-refractivity contribution in [3.8, 4) is 11.5 Å². The van der Waals surface area contributed by atoms with Crippen molar-refractivity contribution >= 4 is 27.4 Å². The van der Waals surface area contributed by atoms with Gasteiger partial charge in [-0.15, -0.1) is 0 Å². The second kappa shape index (κ2) is 12.0. The minimum Gasteiger partial charge on any atom is -0.492 e. The monoisotopic (exact) mass is 488 g/mol. The van der Waals surface area contributed by atoms with Crippen molar-refractivity contribution in [2.75, 3.05) is 31.6 Å². The highest BCUT2D eigenvalue weighted by molar-refractivity contribution is 7.89. The number of aryl methyl sites for hydroxylation is 1. The lowest BCUT2D eigenvalue weighted by Crippen LogP contribution is -2.35. The van der Waals surface area contributed by atoms with Gasteiger partial charge in [-0.3, -0.25) is 4.79 Å². The third kappa shape index (κ3) is 7.04. The van der Waals surface area contributed by atoms with Crippen LogP contribution >= 0.6 is 0 Å². The first-order valence-electron chi connectivity index (χ1n) is 11.6. The quantitative estimate of drug-likeness (QED) is 0.516. The first kappa shape index (κ1) is 25.7. The lowest BCUT2D eigenvalue weighted by atomic mass is 10.1. The number of sulfonamides is 1. The number of rotatable bonds is 11. The molecule has 1 aliphatic rings. The molecule has 2 aromatic rings. The summed E-state index contributed by atoms with van der Waals surface area (Å²) in [5, 5.41) is 2.70. The third-order valence-electron chi connectivity index (χ3n) is 5.52. The number of anilines is 1. The smallest absolute Gasteiger partial charge is 0.262 e. The van der Waals surface area contributed by atoms with Crippen LogP contribution in [-0.2, 0) is 26.0 Å². The second-order valence-corrected chi connectivity index (χ2v) is 10.1. The Morgan fingerprint density at radius 3 is 2.35 bits per heavy atom. The number of carbonyl (C=O) groups is 2. The molecular weight excluding hydrogens is 456 g/mol. The number of nitrogens with one attached hydrogen (secondary N) is 1. The number of benzene rings is 2. The van der Waals surface area contributed by atoms with Crippen LogP contribution < -0.4 is 14.8 Å². The predicted molar refractivity (Wildman–Crippen MR) is 130 cm³/mol. The van der Waals surface area contributed by atoms with Gasteiger partial charge in [0.2, 0.25) is 10.0 Å². The zero-order valence-electron chi connectivity index (χ0n) is 19.7. The molecule has 1 N–H and O–H groups in total. The molecule has 0 aliphatic carbocycles. The van der Waals surface area contributed by atoms with E-state index >= 15 is 0 Å². The molecule has 8 nitrogen and oxygen atoms in total. The molecule has 1 saturated heterocycles. The van der Waals surface area contributed by atoms with Gasteiger partial charge in [-0.05, 0) is 69.0 Å². The first-order valence-corrected chi connectivity index (χ1v) is 13.0. The molecule has 0 unspecified atom stereocenters. The molecule has 34 heavy (non-hydrogen) atoms. The van der Waals surface area contributed by atoms with E-state index < -0.39 is 15.9 Å². The maximum atomic E-state index is 13.2. The summed E-state index contributed by atoms with van der Waals surface area (Å²) in [7, 11) is -3.74. The van der Waals surface area contributed by atoms with E-state index in [0.717, 1.165) is 24.8 Å². The van der Waals surface area contributed by atoms with Gasteiger partial charge in [0.1, 0.15) is 22.2 Å². The molecular formula is C25H32N2O6S. The van der Waals surface area contributed by atoms with E-state index in [1.165, 1.54) is 10.4 Å². The number of carbonyl (C=O) groups excluding carboxylic acids is 2. The minimum absolute atomic E-state index is 0.0520. The minimum atomic E-state index is -3.74. The summed E-state index contributed by atoms with van der Waals surface area (Å²) >= 11 is 0. The van der Waals surface area contributed by atoms with Gasteiger partial charge >= 0.3 is 0 Å². The number of hydrogen-bond donors (Lipinski definition) is 1. The van der Waals surface area contributed by atoms with Crippen molar-refractivity contribution in [2.24, 2.45) is 0 Å². The molecule has 3 rings (SSSR count). The first-order chi connectivity index (χ1) is 16.3. The largest absolute Gasteiger partial charge is 0.492 e. The van der Waals surface area contributed by atoms with Gasteiger partial charge in [0.05, 0.1) is 6.61 Å². The Hall–Kier alpha value is -2.91. The molecule has 0 atom stereocenters. The van der Waals surface area contributed by atoms with Crippen molar-refractivity contribution in [1.82, 2.24) is 4.31 Å². The fourth-order valence-corrected chi connectivity index (χ4v) is 5.40. The highest BCUT2D eigenvalue weighted by atomic mass is 32.2. The molecule has 1 amide bonds. The van der Waals surface area contributed by atoms with E-state index in [4.69, 9.17) is 9.47 Å². The van der Waals surface area contributed by atoms with Crippen molar-refractivity contribution < 1.29 is 27.5 Å². The van der Waals surface area contributed by atoms with Gasteiger partial charge < -0.3 is 19.6 Å². The summed E-state index contributed by atoms with van der Waals surface area (Å²) < 4.78 is 39.0. The van der Waals surface area contributed by atoms with Gasteiger partial charge in [-0.25, -0.2) is 8.42 Å². The van der Waals surface area contributed by atoms with Gasteiger partial charge in [-0.2, -0.15) is 4.31 Å². The zero-order chi connectivity index (χ0) is 24.6. The predicted octanol–water partition coefficient (Wildman–Crippen LogP) is 3.80. The number of amides is 1. The van der Waals surface area contributed by atoms with Crippen LogP contribution in [0.4, 0.5) is 5.69 Å². The van der Waals surface area contributed by atoms with Crippen molar-refractivity contribution in [3.63, 3.8) is 0 Å². The number of hydrogen-bond acceptors (Lipinski definition) is 6. The van der Waals surface area contributed by atoms with Gasteiger partial charge in [0.15, 0.2) is 6.61 Å². The summed E-state index contributed by atoms with van der Waals surface area (Å²) in [5.74, 6) is 0.526. The van der Waals surface area contributed by atoms with Crippen LogP contribution in [0.1, 0.15) is 45.1 Å². The van der Waals surface area contributed by atoms with Crippen LogP contribution in [0.25, 0.3) is 0 Å². The summed E-state index contributed by atoms with van der Waals surface area (Å²) in [5.41, 5.74) is 1.37. The Morgan fingerprint density at radius 1 is 1.00 bits per heavy atom. The number of nitrogens with zero attached hydrogens (tertiary/aromatic N) is 1. The standard InChI is InChI=1S/C25H32N2O6S/c1-3-32-23-14-11-21(17-24(23)34(30,31)27-15-5-4-6-16-27)26-25(29)18-33-22-12-9-20(10-13-22)8-7-19(2)28/h9-14,17H,3-8,15-16,18H2,1-2H3,(H,26,29). The second-order valence-electron chi connectivity index (χ2n) is 8.24. The van der Waals surface area contributed by atoms with Crippen LogP contribution in [-0.4, -0.2) is 50.7 Å². The SMILES string of the molecule is CCOc1ccc(NC(=O)COc2ccc(CCC(C)=O)cc2)cc1S(=O)(=O)N1CCCCC1. The van der Waals surface area contributed by atoms with Gasteiger partial charge in [0, 0.05) is 25.2 Å². The van der Waals surface area contributed by atoms with E-state index in [1.807, 2.05) is 12.1 Å². The average Bonchev–Trinajstić information content (AvgIpc) is 2.83. The summed E-state index contributed by atoms with van der Waals surface area (Å²) in [6, 6.07) is 11.8. The molecule has 1 aliphatic heterocycles. The van der Waals surface area contributed by atoms with E-state index in [2.05, 4.69) is 5.32 Å². The van der Waals surface area contributed by atoms with Crippen LogP contribution in [0.2, 0.25) is 0 Å². The molecule has 0 radical (unpaired) electrons. The average molecular weight is 489 g/mol. The molecule has 0 aromatic heterocycles. The molecule has 0 saturated carbocycles. The van der Waals surface area contributed by atoms with E-state index in [1.54, 1.807) is 38.1 Å². The normalized spacial score (nSPS) is 14.4. The van der Waals surface area contributed by atoms with Crippen LogP contribution in [0, 0.1) is 0 Å². The number of piperidine rings is 1. The molecule has 0 spiro atoms. The highest BCUT2D eigenvalue weighted by Gasteiger charge is 2.29. The van der Waals surface area contributed by atoms with Crippen molar-refractivity contribution in [1.29, 1.82) is 0 Å². The van der Waals surface area contributed by atoms with Crippen LogP contribution in [0.5, 0.6) is 11.5 Å². The highest BCUT2D eigenvalue weighted by Crippen LogP contribution is 2.31. The van der Waals surface area contributed by atoms with E-state index in [9.17, 15) is 18.0 Å².